The standard InChI is InChI=1S/C15H24FN3/c1-4-11(2)15-8-18-12(3)9-19(15)10-13-5-14(16)7-17-6-13/h5-7,11-12,15,18H,4,8-10H2,1-3H3. The Balaban J connectivity index is 2.09. The Labute approximate surface area is 115 Å². The van der Waals surface area contributed by atoms with Crippen LogP contribution in [0.5, 0.6) is 0 Å². The van der Waals surface area contributed by atoms with Crippen LogP contribution in [0.1, 0.15) is 32.8 Å². The Morgan fingerprint density at radius 2 is 2.32 bits per heavy atom. The van der Waals surface area contributed by atoms with Crippen molar-refractivity contribution >= 4 is 0 Å². The lowest BCUT2D eigenvalue weighted by molar-refractivity contribution is 0.0883. The van der Waals surface area contributed by atoms with Crippen LogP contribution in [0.25, 0.3) is 0 Å². The molecule has 0 radical (unpaired) electrons. The first-order valence-corrected chi connectivity index (χ1v) is 7.17. The molecular weight excluding hydrogens is 241 g/mol. The summed E-state index contributed by atoms with van der Waals surface area (Å²) in [5, 5.41) is 3.54. The van der Waals surface area contributed by atoms with Gasteiger partial charge in [-0.2, -0.15) is 0 Å². The highest BCUT2D eigenvalue weighted by Crippen LogP contribution is 2.20. The van der Waals surface area contributed by atoms with Crippen molar-refractivity contribution in [1.29, 1.82) is 0 Å². The molecule has 2 rings (SSSR count). The van der Waals surface area contributed by atoms with E-state index in [1.807, 2.05) is 0 Å². The molecule has 3 unspecified atom stereocenters. The van der Waals surface area contributed by atoms with E-state index in [4.69, 9.17) is 0 Å². The first kappa shape index (κ1) is 14.4. The summed E-state index contributed by atoms with van der Waals surface area (Å²) in [5.41, 5.74) is 0.961. The lowest BCUT2D eigenvalue weighted by Crippen LogP contribution is -2.57. The molecule has 19 heavy (non-hydrogen) atoms. The number of nitrogens with zero attached hydrogens (tertiary/aromatic N) is 2. The monoisotopic (exact) mass is 265 g/mol. The van der Waals surface area contributed by atoms with Gasteiger partial charge in [0.2, 0.25) is 0 Å². The van der Waals surface area contributed by atoms with E-state index in [2.05, 4.69) is 36.0 Å². The summed E-state index contributed by atoms with van der Waals surface area (Å²) in [7, 11) is 0. The highest BCUT2D eigenvalue weighted by atomic mass is 19.1. The van der Waals surface area contributed by atoms with Crippen molar-refractivity contribution in [1.82, 2.24) is 15.2 Å². The van der Waals surface area contributed by atoms with Gasteiger partial charge in [0.25, 0.3) is 0 Å². The number of aromatic nitrogens is 1. The molecule has 0 amide bonds. The zero-order chi connectivity index (χ0) is 13.8. The maximum atomic E-state index is 13.2. The number of hydrogen-bond acceptors (Lipinski definition) is 3. The SMILES string of the molecule is CCC(C)C1CNC(C)CN1Cc1cncc(F)c1. The number of halogens is 1. The van der Waals surface area contributed by atoms with Crippen molar-refractivity contribution in [2.45, 2.75) is 45.8 Å². The van der Waals surface area contributed by atoms with E-state index >= 15 is 0 Å². The van der Waals surface area contributed by atoms with Gasteiger partial charge in [-0.15, -0.1) is 0 Å². The summed E-state index contributed by atoms with van der Waals surface area (Å²) in [6, 6.07) is 2.60. The molecule has 1 aromatic rings. The van der Waals surface area contributed by atoms with Gasteiger partial charge in [-0.1, -0.05) is 20.3 Å². The zero-order valence-electron chi connectivity index (χ0n) is 12.1. The maximum Gasteiger partial charge on any atom is 0.141 e. The molecule has 0 aromatic carbocycles. The molecular formula is C15H24FN3. The van der Waals surface area contributed by atoms with Crippen LogP contribution in [0.3, 0.4) is 0 Å². The van der Waals surface area contributed by atoms with Crippen LogP contribution in [-0.2, 0) is 6.54 Å². The molecule has 1 aliphatic rings. The Bertz CT molecular complexity index is 410. The molecule has 4 heteroatoms. The van der Waals surface area contributed by atoms with Crippen LogP contribution in [0, 0.1) is 11.7 Å². The van der Waals surface area contributed by atoms with Crippen molar-refractivity contribution in [3.05, 3.63) is 29.8 Å². The van der Waals surface area contributed by atoms with E-state index in [9.17, 15) is 4.39 Å². The van der Waals surface area contributed by atoms with E-state index in [0.717, 1.165) is 25.2 Å². The Kier molecular flexibility index (Phi) is 4.88. The highest BCUT2D eigenvalue weighted by Gasteiger charge is 2.29. The summed E-state index contributed by atoms with van der Waals surface area (Å²) >= 11 is 0. The summed E-state index contributed by atoms with van der Waals surface area (Å²) in [5.74, 6) is 0.391. The average molecular weight is 265 g/mol. The smallest absolute Gasteiger partial charge is 0.141 e. The van der Waals surface area contributed by atoms with Crippen LogP contribution in [0.2, 0.25) is 0 Å². The summed E-state index contributed by atoms with van der Waals surface area (Å²) in [6.45, 7) is 9.52. The molecule has 0 spiro atoms. The first-order valence-electron chi connectivity index (χ1n) is 7.17. The minimum Gasteiger partial charge on any atom is -0.311 e. The van der Waals surface area contributed by atoms with Gasteiger partial charge in [-0.05, 0) is 24.5 Å². The fourth-order valence-corrected chi connectivity index (χ4v) is 2.79. The first-order chi connectivity index (χ1) is 9.10. The lowest BCUT2D eigenvalue weighted by Gasteiger charge is -2.42. The van der Waals surface area contributed by atoms with Crippen LogP contribution in [-0.4, -0.2) is 35.1 Å². The minimum absolute atomic E-state index is 0.249. The minimum atomic E-state index is -0.249. The topological polar surface area (TPSA) is 28.2 Å². The molecule has 1 aromatic heterocycles. The van der Waals surface area contributed by atoms with E-state index < -0.39 is 0 Å². The molecule has 0 aliphatic carbocycles. The van der Waals surface area contributed by atoms with Crippen LogP contribution in [0.4, 0.5) is 4.39 Å². The third-order valence-electron chi connectivity index (χ3n) is 4.10. The van der Waals surface area contributed by atoms with E-state index in [-0.39, 0.29) is 5.82 Å². The van der Waals surface area contributed by atoms with Gasteiger partial charge in [-0.25, -0.2) is 4.39 Å². The van der Waals surface area contributed by atoms with E-state index in [1.54, 1.807) is 12.3 Å². The van der Waals surface area contributed by atoms with E-state index in [0.29, 0.717) is 18.0 Å². The molecule has 106 valence electrons. The second kappa shape index (κ2) is 6.44. The van der Waals surface area contributed by atoms with Crippen molar-refractivity contribution in [3.63, 3.8) is 0 Å². The van der Waals surface area contributed by atoms with Gasteiger partial charge in [0.15, 0.2) is 0 Å². The third-order valence-corrected chi connectivity index (χ3v) is 4.10. The van der Waals surface area contributed by atoms with Crippen LogP contribution < -0.4 is 5.32 Å². The molecule has 1 N–H and O–H groups in total. The molecule has 1 fully saturated rings. The Morgan fingerprint density at radius 3 is 3.00 bits per heavy atom. The van der Waals surface area contributed by atoms with Crippen molar-refractivity contribution in [3.8, 4) is 0 Å². The van der Waals surface area contributed by atoms with Crippen LogP contribution in [0.15, 0.2) is 18.5 Å². The quantitative estimate of drug-likeness (QED) is 0.906. The Morgan fingerprint density at radius 1 is 1.53 bits per heavy atom. The fourth-order valence-electron chi connectivity index (χ4n) is 2.79. The molecule has 3 atom stereocenters. The average Bonchev–Trinajstić information content (AvgIpc) is 2.38. The molecule has 2 heterocycles. The zero-order valence-corrected chi connectivity index (χ0v) is 12.1. The third kappa shape index (κ3) is 3.74. The largest absolute Gasteiger partial charge is 0.311 e. The molecule has 1 aliphatic heterocycles. The van der Waals surface area contributed by atoms with Crippen LogP contribution >= 0.6 is 0 Å². The maximum absolute atomic E-state index is 13.2. The number of hydrogen-bond donors (Lipinski definition) is 1. The second-order valence-electron chi connectivity index (χ2n) is 5.70. The summed E-state index contributed by atoms with van der Waals surface area (Å²) < 4.78 is 13.2. The normalized spacial score (nSPS) is 26.3. The van der Waals surface area contributed by atoms with E-state index in [1.165, 1.54) is 12.6 Å². The van der Waals surface area contributed by atoms with Crippen molar-refractivity contribution < 1.29 is 4.39 Å². The number of piperazine rings is 1. The molecule has 0 bridgehead atoms. The van der Waals surface area contributed by atoms with Gasteiger partial charge in [0, 0.05) is 37.9 Å². The Hall–Kier alpha value is -1.00. The molecule has 0 saturated carbocycles. The number of pyridine rings is 1. The van der Waals surface area contributed by atoms with Gasteiger partial charge >= 0.3 is 0 Å². The van der Waals surface area contributed by atoms with Gasteiger partial charge in [-0.3, -0.25) is 9.88 Å². The molecule has 3 nitrogen and oxygen atoms in total. The molecule has 1 saturated heterocycles. The predicted molar refractivity (Wildman–Crippen MR) is 75.3 cm³/mol. The number of nitrogens with one attached hydrogen (secondary N) is 1. The van der Waals surface area contributed by atoms with Gasteiger partial charge < -0.3 is 5.32 Å². The van der Waals surface area contributed by atoms with Gasteiger partial charge in [0.05, 0.1) is 6.20 Å². The van der Waals surface area contributed by atoms with Gasteiger partial charge in [0.1, 0.15) is 5.82 Å². The highest BCUT2D eigenvalue weighted by molar-refractivity contribution is 5.10. The van der Waals surface area contributed by atoms with Crippen molar-refractivity contribution in [2.75, 3.05) is 13.1 Å². The van der Waals surface area contributed by atoms with Crippen molar-refractivity contribution in [2.24, 2.45) is 5.92 Å². The summed E-state index contributed by atoms with van der Waals surface area (Å²) in [4.78, 5) is 6.41. The second-order valence-corrected chi connectivity index (χ2v) is 5.70. The predicted octanol–water partition coefficient (Wildman–Crippen LogP) is 2.43. The lowest BCUT2D eigenvalue weighted by atomic mass is 9.94. The number of rotatable bonds is 4. The fraction of sp³-hybridized carbons (Fsp3) is 0.667. The summed E-state index contributed by atoms with van der Waals surface area (Å²) in [6.07, 6.45) is 4.19.